The molecule has 0 radical (unpaired) electrons. The zero-order valence-electron chi connectivity index (χ0n) is 10.6. The van der Waals surface area contributed by atoms with E-state index >= 15 is 0 Å². The molecule has 90 valence electrons. The summed E-state index contributed by atoms with van der Waals surface area (Å²) in [6, 6.07) is 8.07. The highest BCUT2D eigenvalue weighted by Crippen LogP contribution is 2.12. The van der Waals surface area contributed by atoms with E-state index in [0.29, 0.717) is 13.0 Å². The first-order valence-electron chi connectivity index (χ1n) is 5.60. The summed E-state index contributed by atoms with van der Waals surface area (Å²) in [5.74, 6) is 6.11. The number of hydrogen-bond donors (Lipinski definition) is 1. The fourth-order valence-electron chi connectivity index (χ4n) is 1.33. The van der Waals surface area contributed by atoms with Crippen LogP contribution in [0, 0.1) is 11.8 Å². The molecule has 0 spiro atoms. The summed E-state index contributed by atoms with van der Waals surface area (Å²) in [7, 11) is 4.01. The summed E-state index contributed by atoms with van der Waals surface area (Å²) in [4.78, 5) is 12.7. The van der Waals surface area contributed by atoms with Crippen LogP contribution in [0.2, 0.25) is 0 Å². The Morgan fingerprint density at radius 3 is 2.82 bits per heavy atom. The van der Waals surface area contributed by atoms with Gasteiger partial charge in [-0.05, 0) is 18.2 Å². The zero-order valence-corrected chi connectivity index (χ0v) is 10.6. The van der Waals surface area contributed by atoms with Crippen molar-refractivity contribution in [1.82, 2.24) is 5.32 Å². The quantitative estimate of drug-likeness (QED) is 0.632. The lowest BCUT2D eigenvalue weighted by atomic mass is 10.2. The monoisotopic (exact) mass is 230 g/mol. The molecule has 0 aliphatic rings. The van der Waals surface area contributed by atoms with E-state index in [9.17, 15) is 4.79 Å². The SMILES string of the molecule is CC(=O)NCCC#Cc1cccc(N(C)C)c1. The molecule has 1 N–H and O–H groups in total. The predicted molar refractivity (Wildman–Crippen MR) is 70.9 cm³/mol. The van der Waals surface area contributed by atoms with Gasteiger partial charge < -0.3 is 10.2 Å². The van der Waals surface area contributed by atoms with Gasteiger partial charge in [-0.25, -0.2) is 0 Å². The van der Waals surface area contributed by atoms with Gasteiger partial charge in [0.2, 0.25) is 5.91 Å². The Kier molecular flexibility index (Phi) is 5.09. The molecule has 0 fully saturated rings. The fourth-order valence-corrected chi connectivity index (χ4v) is 1.33. The van der Waals surface area contributed by atoms with E-state index in [1.165, 1.54) is 6.92 Å². The third kappa shape index (κ3) is 5.07. The number of carbonyl (C=O) groups excluding carboxylic acids is 1. The molecule has 3 nitrogen and oxygen atoms in total. The number of carbonyl (C=O) groups is 1. The van der Waals surface area contributed by atoms with E-state index in [4.69, 9.17) is 0 Å². The molecule has 1 rings (SSSR count). The summed E-state index contributed by atoms with van der Waals surface area (Å²) >= 11 is 0. The molecule has 0 aliphatic carbocycles. The van der Waals surface area contributed by atoms with Gasteiger partial charge in [-0.3, -0.25) is 4.79 Å². The number of nitrogens with zero attached hydrogens (tertiary/aromatic N) is 1. The van der Waals surface area contributed by atoms with Crippen LogP contribution in [-0.2, 0) is 4.79 Å². The summed E-state index contributed by atoms with van der Waals surface area (Å²) in [6.07, 6.45) is 0.672. The molecule has 17 heavy (non-hydrogen) atoms. The molecule has 0 unspecified atom stereocenters. The lowest BCUT2D eigenvalue weighted by molar-refractivity contribution is -0.118. The third-order valence-corrected chi connectivity index (χ3v) is 2.22. The van der Waals surface area contributed by atoms with Gasteiger partial charge in [0.1, 0.15) is 0 Å². The number of amides is 1. The summed E-state index contributed by atoms with van der Waals surface area (Å²) in [5, 5.41) is 2.71. The van der Waals surface area contributed by atoms with Crippen molar-refractivity contribution in [3.63, 3.8) is 0 Å². The van der Waals surface area contributed by atoms with Crippen molar-refractivity contribution in [2.75, 3.05) is 25.5 Å². The van der Waals surface area contributed by atoms with Crippen LogP contribution in [0.1, 0.15) is 18.9 Å². The van der Waals surface area contributed by atoms with Gasteiger partial charge in [-0.1, -0.05) is 17.9 Å². The Balaban J connectivity index is 2.53. The maximum absolute atomic E-state index is 10.6. The van der Waals surface area contributed by atoms with Crippen molar-refractivity contribution in [2.45, 2.75) is 13.3 Å². The van der Waals surface area contributed by atoms with Crippen LogP contribution in [-0.4, -0.2) is 26.5 Å². The Bertz CT molecular complexity index is 441. The molecule has 3 heteroatoms. The summed E-state index contributed by atoms with van der Waals surface area (Å²) in [5.41, 5.74) is 2.14. The minimum absolute atomic E-state index is 0.0126. The standard InChI is InChI=1S/C14H18N2O/c1-12(17)15-10-5-4-7-13-8-6-9-14(11-13)16(2)3/h6,8-9,11H,5,10H2,1-3H3,(H,15,17). The van der Waals surface area contributed by atoms with Crippen molar-refractivity contribution >= 4 is 11.6 Å². The first-order valence-corrected chi connectivity index (χ1v) is 5.60. The molecule has 1 aromatic carbocycles. The smallest absolute Gasteiger partial charge is 0.216 e. The van der Waals surface area contributed by atoms with Crippen LogP contribution < -0.4 is 10.2 Å². The first kappa shape index (κ1) is 13.1. The van der Waals surface area contributed by atoms with E-state index in [0.717, 1.165) is 11.3 Å². The van der Waals surface area contributed by atoms with E-state index in [1.54, 1.807) is 0 Å². The van der Waals surface area contributed by atoms with Gasteiger partial charge in [0.15, 0.2) is 0 Å². The second kappa shape index (κ2) is 6.59. The van der Waals surface area contributed by atoms with Gasteiger partial charge in [0.05, 0.1) is 0 Å². The number of benzene rings is 1. The van der Waals surface area contributed by atoms with E-state index in [1.807, 2.05) is 43.3 Å². The first-order chi connectivity index (χ1) is 8.09. The summed E-state index contributed by atoms with van der Waals surface area (Å²) < 4.78 is 0. The number of nitrogens with one attached hydrogen (secondary N) is 1. The molecule has 0 aliphatic heterocycles. The molecular formula is C14H18N2O. The molecule has 0 heterocycles. The average Bonchev–Trinajstić information content (AvgIpc) is 2.28. The average molecular weight is 230 g/mol. The highest BCUT2D eigenvalue weighted by molar-refractivity contribution is 5.72. The van der Waals surface area contributed by atoms with Crippen molar-refractivity contribution in [3.8, 4) is 11.8 Å². The molecule has 0 atom stereocenters. The summed E-state index contributed by atoms with van der Waals surface area (Å²) in [6.45, 7) is 2.11. The van der Waals surface area contributed by atoms with E-state index in [2.05, 4.69) is 17.2 Å². The molecular weight excluding hydrogens is 212 g/mol. The van der Waals surface area contributed by atoms with Crippen LogP contribution >= 0.6 is 0 Å². The van der Waals surface area contributed by atoms with Crippen LogP contribution in [0.25, 0.3) is 0 Å². The Morgan fingerprint density at radius 1 is 1.41 bits per heavy atom. The van der Waals surface area contributed by atoms with Crippen LogP contribution in [0.15, 0.2) is 24.3 Å². The highest BCUT2D eigenvalue weighted by Gasteiger charge is 1.94. The molecule has 1 aromatic rings. The van der Waals surface area contributed by atoms with Gasteiger partial charge in [0.25, 0.3) is 0 Å². The van der Waals surface area contributed by atoms with Crippen LogP contribution in [0.4, 0.5) is 5.69 Å². The number of hydrogen-bond acceptors (Lipinski definition) is 2. The minimum Gasteiger partial charge on any atom is -0.378 e. The third-order valence-electron chi connectivity index (χ3n) is 2.22. The van der Waals surface area contributed by atoms with Crippen molar-refractivity contribution < 1.29 is 4.79 Å². The number of rotatable bonds is 3. The lowest BCUT2D eigenvalue weighted by Gasteiger charge is -2.11. The Labute approximate surface area is 103 Å². The van der Waals surface area contributed by atoms with Gasteiger partial charge in [-0.15, -0.1) is 0 Å². The van der Waals surface area contributed by atoms with Gasteiger partial charge in [-0.2, -0.15) is 0 Å². The van der Waals surface area contributed by atoms with E-state index in [-0.39, 0.29) is 5.91 Å². The molecule has 0 saturated carbocycles. The highest BCUT2D eigenvalue weighted by atomic mass is 16.1. The van der Waals surface area contributed by atoms with Crippen LogP contribution in [0.3, 0.4) is 0 Å². The van der Waals surface area contributed by atoms with Crippen LogP contribution in [0.5, 0.6) is 0 Å². The molecule has 0 bridgehead atoms. The topological polar surface area (TPSA) is 32.3 Å². The normalized spacial score (nSPS) is 9.12. The number of anilines is 1. The minimum atomic E-state index is -0.0126. The second-order valence-corrected chi connectivity index (χ2v) is 3.98. The molecule has 0 saturated heterocycles. The second-order valence-electron chi connectivity index (χ2n) is 3.98. The van der Waals surface area contributed by atoms with E-state index < -0.39 is 0 Å². The predicted octanol–water partition coefficient (Wildman–Crippen LogP) is 1.63. The van der Waals surface area contributed by atoms with Crippen molar-refractivity contribution in [3.05, 3.63) is 29.8 Å². The maximum atomic E-state index is 10.6. The fraction of sp³-hybridized carbons (Fsp3) is 0.357. The lowest BCUT2D eigenvalue weighted by Crippen LogP contribution is -2.20. The zero-order chi connectivity index (χ0) is 12.7. The van der Waals surface area contributed by atoms with Gasteiger partial charge >= 0.3 is 0 Å². The largest absolute Gasteiger partial charge is 0.378 e. The Hall–Kier alpha value is -1.95. The Morgan fingerprint density at radius 2 is 2.18 bits per heavy atom. The van der Waals surface area contributed by atoms with Crippen molar-refractivity contribution in [1.29, 1.82) is 0 Å². The van der Waals surface area contributed by atoms with Crippen molar-refractivity contribution in [2.24, 2.45) is 0 Å². The van der Waals surface area contributed by atoms with Gasteiger partial charge in [0, 0.05) is 45.2 Å². The molecule has 1 amide bonds. The molecule has 0 aromatic heterocycles. The maximum Gasteiger partial charge on any atom is 0.216 e.